The molecule has 0 spiro atoms. The van der Waals surface area contributed by atoms with E-state index in [0.29, 0.717) is 13.0 Å². The largest absolute Gasteiger partial charge is 0.494 e. The number of halogens is 1. The van der Waals surface area contributed by atoms with E-state index in [1.807, 2.05) is 19.2 Å². The lowest BCUT2D eigenvalue weighted by molar-refractivity contribution is 0.303. The summed E-state index contributed by atoms with van der Waals surface area (Å²) in [6.07, 6.45) is 7.80. The molecule has 0 radical (unpaired) electrons. The zero-order chi connectivity index (χ0) is 17.0. The SMILES string of the molecule is CNc1ccc(/C=C/c2ccc(OCCCCCC[18F])cc2)cc1. The summed E-state index contributed by atoms with van der Waals surface area (Å²) in [6.45, 7) is 0.481. The Balaban J connectivity index is 1.77. The maximum atomic E-state index is 12.0. The molecule has 0 atom stereocenters. The lowest BCUT2D eigenvalue weighted by atomic mass is 10.1. The topological polar surface area (TPSA) is 21.3 Å². The van der Waals surface area contributed by atoms with E-state index in [0.717, 1.165) is 36.3 Å². The predicted octanol–water partition coefficient (Wildman–Crippen LogP) is 5.81. The summed E-state index contributed by atoms with van der Waals surface area (Å²) >= 11 is 0. The van der Waals surface area contributed by atoms with Gasteiger partial charge in [0.1, 0.15) is 5.75 Å². The first kappa shape index (κ1) is 18.1. The summed E-state index contributed by atoms with van der Waals surface area (Å²) < 4.78 is 17.7. The van der Waals surface area contributed by atoms with Gasteiger partial charge in [-0.2, -0.15) is 0 Å². The maximum Gasteiger partial charge on any atom is 0.119 e. The highest BCUT2D eigenvalue weighted by Gasteiger charge is 1.95. The van der Waals surface area contributed by atoms with Gasteiger partial charge in [0.15, 0.2) is 0 Å². The Bertz CT molecular complexity index is 605. The Labute approximate surface area is 144 Å². The Hall–Kier alpha value is -2.29. The highest BCUT2D eigenvalue weighted by atomic mass is 18.2. The molecule has 0 heterocycles. The third-order valence-electron chi connectivity index (χ3n) is 3.84. The molecule has 3 heteroatoms. The highest BCUT2D eigenvalue weighted by molar-refractivity contribution is 5.70. The van der Waals surface area contributed by atoms with Gasteiger partial charge in [-0.1, -0.05) is 42.8 Å². The number of ether oxygens (including phenoxy) is 1. The molecule has 1 N–H and O–H groups in total. The number of nitrogens with one attached hydrogen (secondary N) is 1. The molecule has 0 aliphatic carbocycles. The van der Waals surface area contributed by atoms with Crippen LogP contribution in [0.3, 0.4) is 0 Å². The Kier molecular flexibility index (Phi) is 7.88. The highest BCUT2D eigenvalue weighted by Crippen LogP contribution is 2.16. The van der Waals surface area contributed by atoms with Crippen molar-refractivity contribution >= 4 is 17.8 Å². The molecule has 24 heavy (non-hydrogen) atoms. The monoisotopic (exact) mass is 326 g/mol. The minimum absolute atomic E-state index is 0.213. The first-order valence-electron chi connectivity index (χ1n) is 8.56. The molecule has 128 valence electrons. The molecule has 0 bridgehead atoms. The van der Waals surface area contributed by atoms with Crippen LogP contribution in [0.1, 0.15) is 36.8 Å². The van der Waals surface area contributed by atoms with Crippen LogP contribution in [0.15, 0.2) is 48.5 Å². The zero-order valence-corrected chi connectivity index (χ0v) is 14.3. The van der Waals surface area contributed by atoms with Crippen LogP contribution in [0, 0.1) is 0 Å². The van der Waals surface area contributed by atoms with E-state index < -0.39 is 0 Å². The molecule has 0 aliphatic rings. The van der Waals surface area contributed by atoms with Crippen LogP contribution in [0.5, 0.6) is 5.75 Å². The van der Waals surface area contributed by atoms with Gasteiger partial charge >= 0.3 is 0 Å². The normalized spacial score (nSPS) is 10.9. The minimum atomic E-state index is -0.213. The van der Waals surface area contributed by atoms with E-state index >= 15 is 0 Å². The van der Waals surface area contributed by atoms with Gasteiger partial charge in [-0.05, 0) is 54.7 Å². The van der Waals surface area contributed by atoms with Gasteiger partial charge in [0.05, 0.1) is 13.3 Å². The van der Waals surface area contributed by atoms with Crippen molar-refractivity contribution in [2.24, 2.45) is 0 Å². The summed E-state index contributed by atoms with van der Waals surface area (Å²) in [4.78, 5) is 0. The van der Waals surface area contributed by atoms with Crippen molar-refractivity contribution in [1.82, 2.24) is 0 Å². The second-order valence-corrected chi connectivity index (χ2v) is 5.73. The molecule has 0 unspecified atom stereocenters. The van der Waals surface area contributed by atoms with E-state index in [9.17, 15) is 4.39 Å². The van der Waals surface area contributed by atoms with Crippen molar-refractivity contribution in [3.05, 3.63) is 59.7 Å². The first-order valence-corrected chi connectivity index (χ1v) is 8.56. The third-order valence-corrected chi connectivity index (χ3v) is 3.84. The van der Waals surface area contributed by atoms with Gasteiger partial charge in [-0.15, -0.1) is 0 Å². The van der Waals surface area contributed by atoms with Crippen molar-refractivity contribution < 1.29 is 9.13 Å². The van der Waals surface area contributed by atoms with Crippen LogP contribution in [-0.4, -0.2) is 20.3 Å². The van der Waals surface area contributed by atoms with Gasteiger partial charge < -0.3 is 10.1 Å². The fourth-order valence-corrected chi connectivity index (χ4v) is 2.37. The number of alkyl halides is 1. The molecular formula is C21H26FNO. The fourth-order valence-electron chi connectivity index (χ4n) is 2.37. The van der Waals surface area contributed by atoms with E-state index in [1.54, 1.807) is 0 Å². The first-order chi connectivity index (χ1) is 11.8. The van der Waals surface area contributed by atoms with Gasteiger partial charge in [0, 0.05) is 12.7 Å². The second kappa shape index (κ2) is 10.5. The zero-order valence-electron chi connectivity index (χ0n) is 14.3. The summed E-state index contributed by atoms with van der Waals surface area (Å²) in [7, 11) is 1.92. The van der Waals surface area contributed by atoms with Crippen molar-refractivity contribution in [3.8, 4) is 5.75 Å². The minimum Gasteiger partial charge on any atom is -0.494 e. The van der Waals surface area contributed by atoms with Gasteiger partial charge in [0.2, 0.25) is 0 Å². The molecule has 2 rings (SSSR count). The fraction of sp³-hybridized carbons (Fsp3) is 0.333. The van der Waals surface area contributed by atoms with Gasteiger partial charge in [0.25, 0.3) is 0 Å². The molecule has 2 aromatic carbocycles. The third kappa shape index (κ3) is 6.45. The Morgan fingerprint density at radius 3 is 2.00 bits per heavy atom. The van der Waals surface area contributed by atoms with Crippen LogP contribution in [0.25, 0.3) is 12.2 Å². The number of rotatable bonds is 10. The summed E-state index contributed by atoms with van der Waals surface area (Å²) in [5.74, 6) is 0.885. The standard InChI is InChI=1S/C21H26FNO/c1-23-20-12-8-18(9-13-20)6-7-19-10-14-21(15-11-19)24-17-5-3-2-4-16-22/h6-15,23H,2-5,16-17H2,1H3/b7-6+/i22-1. The molecule has 2 aromatic rings. The molecule has 0 aromatic heterocycles. The number of anilines is 1. The summed E-state index contributed by atoms with van der Waals surface area (Å²) in [5, 5.41) is 3.11. The van der Waals surface area contributed by atoms with Gasteiger partial charge in [-0.3, -0.25) is 4.39 Å². The number of benzene rings is 2. The van der Waals surface area contributed by atoms with Crippen molar-refractivity contribution in [1.29, 1.82) is 0 Å². The average molecular weight is 326 g/mol. The second-order valence-electron chi connectivity index (χ2n) is 5.73. The Morgan fingerprint density at radius 1 is 0.833 bits per heavy atom. The molecule has 0 saturated carbocycles. The summed E-state index contributed by atoms with van der Waals surface area (Å²) in [5.41, 5.74) is 3.42. The van der Waals surface area contributed by atoms with E-state index in [1.165, 1.54) is 5.56 Å². The number of hydrogen-bond donors (Lipinski definition) is 1. The summed E-state index contributed by atoms with van der Waals surface area (Å²) in [6, 6.07) is 16.4. The quantitative estimate of drug-likeness (QED) is 0.439. The molecule has 0 aliphatic heterocycles. The van der Waals surface area contributed by atoms with Crippen molar-refractivity contribution in [3.63, 3.8) is 0 Å². The molecule has 2 nitrogen and oxygen atoms in total. The number of unbranched alkanes of at least 4 members (excludes halogenated alkanes) is 3. The molecule has 0 saturated heterocycles. The number of hydrogen-bond acceptors (Lipinski definition) is 2. The van der Waals surface area contributed by atoms with Crippen LogP contribution in [-0.2, 0) is 0 Å². The van der Waals surface area contributed by atoms with E-state index in [4.69, 9.17) is 4.74 Å². The van der Waals surface area contributed by atoms with Crippen LogP contribution < -0.4 is 10.1 Å². The molecular weight excluding hydrogens is 300 g/mol. The average Bonchev–Trinajstić information content (AvgIpc) is 2.64. The van der Waals surface area contributed by atoms with E-state index in [2.05, 4.69) is 53.9 Å². The van der Waals surface area contributed by atoms with Crippen LogP contribution >= 0.6 is 0 Å². The van der Waals surface area contributed by atoms with Gasteiger partial charge in [-0.25, -0.2) is 0 Å². The molecule has 0 fully saturated rings. The van der Waals surface area contributed by atoms with Crippen molar-refractivity contribution in [2.45, 2.75) is 25.7 Å². The Morgan fingerprint density at radius 2 is 1.42 bits per heavy atom. The van der Waals surface area contributed by atoms with E-state index in [-0.39, 0.29) is 6.67 Å². The smallest absolute Gasteiger partial charge is 0.119 e. The lowest BCUT2D eigenvalue weighted by Crippen LogP contribution is -1.97. The maximum absolute atomic E-state index is 12.0. The predicted molar refractivity (Wildman–Crippen MR) is 101 cm³/mol. The van der Waals surface area contributed by atoms with Crippen LogP contribution in [0.4, 0.5) is 10.1 Å². The molecule has 0 amide bonds. The van der Waals surface area contributed by atoms with Crippen LogP contribution in [0.2, 0.25) is 0 Å². The lowest BCUT2D eigenvalue weighted by Gasteiger charge is -2.06. The van der Waals surface area contributed by atoms with Crippen molar-refractivity contribution in [2.75, 3.05) is 25.6 Å².